The number of anilines is 1. The lowest BCUT2D eigenvalue weighted by molar-refractivity contribution is 0.0947. The molecule has 0 fully saturated rings. The second-order valence-corrected chi connectivity index (χ2v) is 9.21. The summed E-state index contributed by atoms with van der Waals surface area (Å²) in [4.78, 5) is 25.4. The van der Waals surface area contributed by atoms with Crippen LogP contribution in [0.1, 0.15) is 32.0 Å². The Kier molecular flexibility index (Phi) is 9.07. The Labute approximate surface area is 228 Å². The lowest BCUT2D eigenvalue weighted by atomic mass is 10.1. The van der Waals surface area contributed by atoms with Crippen LogP contribution in [-0.4, -0.2) is 23.5 Å². The number of halogens is 1. The predicted molar refractivity (Wildman–Crippen MR) is 150 cm³/mol. The van der Waals surface area contributed by atoms with Crippen LogP contribution in [0.4, 0.5) is 5.69 Å². The Bertz CT molecular complexity index is 1380. The average molecular weight is 578 g/mol. The van der Waals surface area contributed by atoms with E-state index in [1.165, 1.54) is 5.56 Å². The lowest BCUT2D eigenvalue weighted by Crippen LogP contribution is -2.35. The summed E-state index contributed by atoms with van der Waals surface area (Å²) in [5, 5.41) is 8.45. The van der Waals surface area contributed by atoms with Gasteiger partial charge in [-0.25, -0.2) is 0 Å². The summed E-state index contributed by atoms with van der Waals surface area (Å²) in [5.41, 5.74) is 2.43. The molecule has 0 aliphatic rings. The highest BCUT2D eigenvalue weighted by molar-refractivity contribution is 9.10. The van der Waals surface area contributed by atoms with Crippen LogP contribution in [0.5, 0.6) is 5.75 Å². The van der Waals surface area contributed by atoms with Crippen LogP contribution < -0.4 is 20.7 Å². The largest absolute Gasteiger partial charge is 0.492 e. The topological polar surface area (TPSA) is 92.6 Å². The van der Waals surface area contributed by atoms with Crippen molar-refractivity contribution in [3.63, 3.8) is 0 Å². The monoisotopic (exact) mass is 577 g/mol. The van der Waals surface area contributed by atoms with Gasteiger partial charge in [-0.05, 0) is 76.2 Å². The number of rotatable bonds is 9. The van der Waals surface area contributed by atoms with E-state index >= 15 is 0 Å². The molecule has 188 valence electrons. The Balaban J connectivity index is 1.31. The summed E-state index contributed by atoms with van der Waals surface area (Å²) in [7, 11) is 0. The summed E-state index contributed by atoms with van der Waals surface area (Å²) < 4.78 is 11.8. The maximum atomic E-state index is 12.8. The molecule has 9 heteroatoms. The summed E-state index contributed by atoms with van der Waals surface area (Å²) >= 11 is 8.80. The van der Waals surface area contributed by atoms with Crippen molar-refractivity contribution < 1.29 is 18.7 Å². The van der Waals surface area contributed by atoms with Gasteiger partial charge in [0.15, 0.2) is 5.11 Å². The predicted octanol–water partition coefficient (Wildman–Crippen LogP) is 5.72. The highest BCUT2D eigenvalue weighted by atomic mass is 79.9. The summed E-state index contributed by atoms with van der Waals surface area (Å²) in [6.45, 7) is 0.763. The number of thiocarbonyl (C=S) groups is 1. The molecule has 0 saturated heterocycles. The van der Waals surface area contributed by atoms with Crippen molar-refractivity contribution in [2.24, 2.45) is 0 Å². The number of carbonyl (C=O) groups excluding carboxylic acids is 2. The van der Waals surface area contributed by atoms with Gasteiger partial charge in [-0.15, -0.1) is 0 Å². The smallest absolute Gasteiger partial charge is 0.257 e. The van der Waals surface area contributed by atoms with Gasteiger partial charge in [-0.1, -0.05) is 42.5 Å². The maximum Gasteiger partial charge on any atom is 0.257 e. The van der Waals surface area contributed by atoms with Crippen LogP contribution in [0.15, 0.2) is 100 Å². The van der Waals surface area contributed by atoms with Crippen LogP contribution in [0.3, 0.4) is 0 Å². The SMILES string of the molecule is O=C(NC(=S)Nc1ccccc1C(=O)NCc1ccco1)c1ccc(OCCc2ccccc2)c(Br)c1. The van der Waals surface area contributed by atoms with E-state index in [0.29, 0.717) is 39.4 Å². The number of ether oxygens (including phenoxy) is 1. The van der Waals surface area contributed by atoms with Crippen molar-refractivity contribution in [2.75, 3.05) is 11.9 Å². The van der Waals surface area contributed by atoms with E-state index in [9.17, 15) is 9.59 Å². The molecule has 0 saturated carbocycles. The van der Waals surface area contributed by atoms with Gasteiger partial charge in [0.1, 0.15) is 11.5 Å². The van der Waals surface area contributed by atoms with E-state index in [1.807, 2.05) is 18.2 Å². The fourth-order valence-corrected chi connectivity index (χ4v) is 4.17. The highest BCUT2D eigenvalue weighted by Gasteiger charge is 2.15. The first-order chi connectivity index (χ1) is 18.0. The van der Waals surface area contributed by atoms with Crippen molar-refractivity contribution in [1.29, 1.82) is 0 Å². The molecule has 4 aromatic rings. The molecule has 1 heterocycles. The molecule has 0 aliphatic carbocycles. The zero-order valence-electron chi connectivity index (χ0n) is 19.7. The minimum Gasteiger partial charge on any atom is -0.492 e. The third kappa shape index (κ3) is 7.52. The Hall–Kier alpha value is -3.95. The Morgan fingerprint density at radius 1 is 0.919 bits per heavy atom. The zero-order chi connectivity index (χ0) is 26.0. The van der Waals surface area contributed by atoms with E-state index in [0.717, 1.165) is 6.42 Å². The summed E-state index contributed by atoms with van der Waals surface area (Å²) in [5.74, 6) is 0.581. The number of furan rings is 1. The van der Waals surface area contributed by atoms with Crippen LogP contribution in [-0.2, 0) is 13.0 Å². The first kappa shape index (κ1) is 26.1. The zero-order valence-corrected chi connectivity index (χ0v) is 22.1. The minimum atomic E-state index is -0.395. The fourth-order valence-electron chi connectivity index (χ4n) is 3.48. The van der Waals surface area contributed by atoms with Gasteiger partial charge in [0.05, 0.1) is 35.1 Å². The first-order valence-corrected chi connectivity index (χ1v) is 12.7. The van der Waals surface area contributed by atoms with Crippen molar-refractivity contribution in [3.05, 3.63) is 118 Å². The fraction of sp³-hybridized carbons (Fsp3) is 0.107. The third-order valence-corrected chi connectivity index (χ3v) is 6.16. The molecule has 0 atom stereocenters. The van der Waals surface area contributed by atoms with E-state index in [4.69, 9.17) is 21.4 Å². The number of carbonyl (C=O) groups is 2. The number of para-hydroxylation sites is 1. The number of amides is 2. The maximum absolute atomic E-state index is 12.8. The molecule has 3 aromatic carbocycles. The number of benzene rings is 3. The van der Waals surface area contributed by atoms with Gasteiger partial charge in [-0.2, -0.15) is 0 Å². The van der Waals surface area contributed by atoms with E-state index in [-0.39, 0.29) is 17.6 Å². The summed E-state index contributed by atoms with van der Waals surface area (Å²) in [6, 6.07) is 25.5. The molecule has 37 heavy (non-hydrogen) atoms. The molecule has 0 spiro atoms. The molecule has 4 rings (SSSR count). The van der Waals surface area contributed by atoms with E-state index in [2.05, 4.69) is 44.0 Å². The molecule has 7 nitrogen and oxygen atoms in total. The molecule has 0 bridgehead atoms. The van der Waals surface area contributed by atoms with Gasteiger partial charge < -0.3 is 19.8 Å². The van der Waals surface area contributed by atoms with Crippen molar-refractivity contribution in [3.8, 4) is 5.75 Å². The van der Waals surface area contributed by atoms with Crippen LogP contribution >= 0.6 is 28.1 Å². The molecule has 0 aliphatic heterocycles. The molecule has 2 amide bonds. The standard InChI is InChI=1S/C28H24BrN3O4S/c29-23-17-20(12-13-25(23)36-16-14-19-7-2-1-3-8-19)26(33)32-28(37)31-24-11-5-4-10-22(24)27(34)30-18-21-9-6-15-35-21/h1-13,15,17H,14,16,18H2,(H,30,34)(H2,31,32,33,37). The van der Waals surface area contributed by atoms with Crippen molar-refractivity contribution >= 4 is 50.8 Å². The van der Waals surface area contributed by atoms with Gasteiger partial charge in [0.25, 0.3) is 11.8 Å². The first-order valence-electron chi connectivity index (χ1n) is 11.5. The quantitative estimate of drug-likeness (QED) is 0.220. The van der Waals surface area contributed by atoms with Gasteiger partial charge in [0.2, 0.25) is 0 Å². The third-order valence-electron chi connectivity index (χ3n) is 5.34. The van der Waals surface area contributed by atoms with Crippen molar-refractivity contribution in [1.82, 2.24) is 10.6 Å². The van der Waals surface area contributed by atoms with Crippen LogP contribution in [0.25, 0.3) is 0 Å². The number of hydrogen-bond donors (Lipinski definition) is 3. The number of hydrogen-bond acceptors (Lipinski definition) is 5. The molecule has 0 unspecified atom stereocenters. The van der Waals surface area contributed by atoms with Crippen LogP contribution in [0.2, 0.25) is 0 Å². The Morgan fingerprint density at radius 2 is 1.70 bits per heavy atom. The second kappa shape index (κ2) is 12.8. The van der Waals surface area contributed by atoms with Crippen LogP contribution in [0, 0.1) is 0 Å². The number of nitrogens with one attached hydrogen (secondary N) is 3. The van der Waals surface area contributed by atoms with E-state index in [1.54, 1.807) is 60.9 Å². The minimum absolute atomic E-state index is 0.0654. The molecule has 1 aromatic heterocycles. The molecular weight excluding hydrogens is 554 g/mol. The summed E-state index contributed by atoms with van der Waals surface area (Å²) in [6.07, 6.45) is 2.32. The Morgan fingerprint density at radius 3 is 2.46 bits per heavy atom. The van der Waals surface area contributed by atoms with Gasteiger partial charge in [-0.3, -0.25) is 14.9 Å². The lowest BCUT2D eigenvalue weighted by Gasteiger charge is -2.14. The van der Waals surface area contributed by atoms with Gasteiger partial charge >= 0.3 is 0 Å². The van der Waals surface area contributed by atoms with Gasteiger partial charge in [0, 0.05) is 12.0 Å². The second-order valence-electron chi connectivity index (χ2n) is 7.95. The molecular formula is C28H24BrN3O4S. The van der Waals surface area contributed by atoms with E-state index < -0.39 is 5.91 Å². The normalized spacial score (nSPS) is 10.4. The molecule has 0 radical (unpaired) electrons. The van der Waals surface area contributed by atoms with Crippen molar-refractivity contribution in [2.45, 2.75) is 13.0 Å². The average Bonchev–Trinajstić information content (AvgIpc) is 3.43. The molecule has 3 N–H and O–H groups in total. The highest BCUT2D eigenvalue weighted by Crippen LogP contribution is 2.26.